The molecule has 2 aromatic carbocycles. The van der Waals surface area contributed by atoms with E-state index < -0.39 is 6.04 Å². The first-order chi connectivity index (χ1) is 13.5. The zero-order valence-electron chi connectivity index (χ0n) is 17.3. The summed E-state index contributed by atoms with van der Waals surface area (Å²) >= 11 is 0. The number of amides is 2. The molecule has 0 bridgehead atoms. The van der Waals surface area contributed by atoms with Crippen molar-refractivity contribution in [3.8, 4) is 0 Å². The molecule has 2 aromatic rings. The molecule has 0 aliphatic rings. The van der Waals surface area contributed by atoms with Crippen molar-refractivity contribution in [2.45, 2.75) is 59.0 Å². The van der Waals surface area contributed by atoms with Crippen LogP contribution in [-0.2, 0) is 22.6 Å². The van der Waals surface area contributed by atoms with Crippen LogP contribution >= 0.6 is 0 Å². The highest BCUT2D eigenvalue weighted by Crippen LogP contribution is 2.14. The molecular formula is C24H32N2O2. The Bertz CT molecular complexity index is 741. The Balaban J connectivity index is 2.08. The minimum absolute atomic E-state index is 0.00238. The van der Waals surface area contributed by atoms with E-state index in [0.717, 1.165) is 24.0 Å². The van der Waals surface area contributed by atoms with Gasteiger partial charge in [0.05, 0.1) is 0 Å². The monoisotopic (exact) mass is 380 g/mol. The van der Waals surface area contributed by atoms with Crippen LogP contribution in [0.2, 0.25) is 0 Å². The molecule has 1 atom stereocenters. The van der Waals surface area contributed by atoms with Crippen molar-refractivity contribution in [3.05, 3.63) is 71.3 Å². The second kappa shape index (κ2) is 11.3. The number of benzene rings is 2. The van der Waals surface area contributed by atoms with Crippen molar-refractivity contribution in [3.63, 3.8) is 0 Å². The minimum Gasteiger partial charge on any atom is -0.354 e. The van der Waals surface area contributed by atoms with Crippen molar-refractivity contribution in [2.75, 3.05) is 6.54 Å². The summed E-state index contributed by atoms with van der Waals surface area (Å²) < 4.78 is 0. The van der Waals surface area contributed by atoms with E-state index in [2.05, 4.69) is 12.2 Å². The highest BCUT2D eigenvalue weighted by molar-refractivity contribution is 5.87. The molecule has 0 aliphatic carbocycles. The van der Waals surface area contributed by atoms with Crippen LogP contribution in [0.1, 0.15) is 49.8 Å². The van der Waals surface area contributed by atoms with Gasteiger partial charge in [0.1, 0.15) is 6.04 Å². The molecule has 4 heteroatoms. The van der Waals surface area contributed by atoms with Gasteiger partial charge in [0, 0.05) is 19.5 Å². The Kier molecular flexibility index (Phi) is 8.73. The molecule has 4 nitrogen and oxygen atoms in total. The van der Waals surface area contributed by atoms with Gasteiger partial charge in [-0.15, -0.1) is 0 Å². The van der Waals surface area contributed by atoms with E-state index in [1.807, 2.05) is 68.4 Å². The number of hydrogen-bond donors (Lipinski definition) is 1. The molecule has 0 spiro atoms. The second-order valence-corrected chi connectivity index (χ2v) is 7.31. The van der Waals surface area contributed by atoms with Crippen LogP contribution in [0.3, 0.4) is 0 Å². The molecule has 2 amide bonds. The fourth-order valence-electron chi connectivity index (χ4n) is 3.05. The van der Waals surface area contributed by atoms with Gasteiger partial charge in [0.15, 0.2) is 0 Å². The van der Waals surface area contributed by atoms with Gasteiger partial charge in [-0.3, -0.25) is 9.59 Å². The molecule has 0 fully saturated rings. The van der Waals surface area contributed by atoms with Gasteiger partial charge in [-0.05, 0) is 37.8 Å². The van der Waals surface area contributed by atoms with Crippen LogP contribution < -0.4 is 5.32 Å². The lowest BCUT2D eigenvalue weighted by molar-refractivity contribution is -0.140. The molecule has 0 radical (unpaired) electrons. The SMILES string of the molecule is CCCCNC(=O)[C@H](C)N(Cc1ccc(C)cc1)C(=O)CCc1ccccc1. The van der Waals surface area contributed by atoms with E-state index >= 15 is 0 Å². The number of hydrogen-bond acceptors (Lipinski definition) is 2. The average molecular weight is 381 g/mol. The Labute approximate surface area is 169 Å². The normalized spacial score (nSPS) is 11.7. The van der Waals surface area contributed by atoms with Crippen molar-refractivity contribution in [1.82, 2.24) is 10.2 Å². The molecule has 150 valence electrons. The summed E-state index contributed by atoms with van der Waals surface area (Å²) in [6, 6.07) is 17.6. The van der Waals surface area contributed by atoms with Crippen LogP contribution in [0, 0.1) is 6.92 Å². The largest absolute Gasteiger partial charge is 0.354 e. The first-order valence-corrected chi connectivity index (χ1v) is 10.2. The lowest BCUT2D eigenvalue weighted by atomic mass is 10.1. The van der Waals surface area contributed by atoms with Gasteiger partial charge in [-0.2, -0.15) is 0 Å². The molecule has 0 unspecified atom stereocenters. The molecule has 0 saturated carbocycles. The van der Waals surface area contributed by atoms with Crippen LogP contribution in [0.5, 0.6) is 0 Å². The lowest BCUT2D eigenvalue weighted by Gasteiger charge is -2.29. The van der Waals surface area contributed by atoms with Crippen LogP contribution in [0.15, 0.2) is 54.6 Å². The maximum Gasteiger partial charge on any atom is 0.242 e. The maximum atomic E-state index is 13.0. The summed E-state index contributed by atoms with van der Waals surface area (Å²) in [5, 5.41) is 2.95. The smallest absolute Gasteiger partial charge is 0.242 e. The van der Waals surface area contributed by atoms with Crippen molar-refractivity contribution in [2.24, 2.45) is 0 Å². The lowest BCUT2D eigenvalue weighted by Crippen LogP contribution is -2.47. The van der Waals surface area contributed by atoms with Gasteiger partial charge < -0.3 is 10.2 Å². The average Bonchev–Trinajstić information content (AvgIpc) is 2.72. The molecule has 0 saturated heterocycles. The summed E-state index contributed by atoms with van der Waals surface area (Å²) in [4.78, 5) is 27.3. The molecule has 1 N–H and O–H groups in total. The number of carbonyl (C=O) groups excluding carboxylic acids is 2. The van der Waals surface area contributed by atoms with E-state index in [1.165, 1.54) is 5.56 Å². The number of aryl methyl sites for hydroxylation is 2. The van der Waals surface area contributed by atoms with Crippen molar-refractivity contribution < 1.29 is 9.59 Å². The van der Waals surface area contributed by atoms with Gasteiger partial charge in [-0.25, -0.2) is 0 Å². The van der Waals surface area contributed by atoms with E-state index in [-0.39, 0.29) is 11.8 Å². The standard InChI is InChI=1S/C24H32N2O2/c1-4-5-17-25-24(28)20(3)26(18-22-13-11-19(2)12-14-22)23(27)16-15-21-9-7-6-8-10-21/h6-14,20H,4-5,15-18H2,1-3H3,(H,25,28)/t20-/m0/s1. The summed E-state index contributed by atoms with van der Waals surface area (Å²) in [6.45, 7) is 7.03. The van der Waals surface area contributed by atoms with Crippen molar-refractivity contribution >= 4 is 11.8 Å². The first-order valence-electron chi connectivity index (χ1n) is 10.2. The van der Waals surface area contributed by atoms with Crippen LogP contribution in [-0.4, -0.2) is 29.3 Å². The first kappa shape index (κ1) is 21.7. The molecule has 2 rings (SSSR count). The summed E-state index contributed by atoms with van der Waals surface area (Å²) in [6.07, 6.45) is 3.03. The molecule has 0 heterocycles. The third kappa shape index (κ3) is 6.84. The third-order valence-electron chi connectivity index (χ3n) is 4.94. The molecule has 0 aromatic heterocycles. The topological polar surface area (TPSA) is 49.4 Å². The molecule has 28 heavy (non-hydrogen) atoms. The number of nitrogens with one attached hydrogen (secondary N) is 1. The van der Waals surface area contributed by atoms with Gasteiger partial charge in [-0.1, -0.05) is 73.5 Å². The number of carbonyl (C=O) groups is 2. The van der Waals surface area contributed by atoms with Gasteiger partial charge >= 0.3 is 0 Å². The van der Waals surface area contributed by atoms with E-state index in [1.54, 1.807) is 4.90 Å². The Morgan fingerprint density at radius 1 is 1.00 bits per heavy atom. The minimum atomic E-state index is -0.499. The van der Waals surface area contributed by atoms with Crippen LogP contribution in [0.25, 0.3) is 0 Å². The zero-order valence-corrected chi connectivity index (χ0v) is 17.3. The third-order valence-corrected chi connectivity index (χ3v) is 4.94. The predicted molar refractivity (Wildman–Crippen MR) is 114 cm³/mol. The summed E-state index contributed by atoms with van der Waals surface area (Å²) in [5.74, 6) is -0.0869. The number of rotatable bonds is 10. The summed E-state index contributed by atoms with van der Waals surface area (Å²) in [5.41, 5.74) is 3.34. The zero-order chi connectivity index (χ0) is 20.4. The predicted octanol–water partition coefficient (Wildman–Crippen LogP) is 4.26. The maximum absolute atomic E-state index is 13.0. The second-order valence-electron chi connectivity index (χ2n) is 7.31. The van der Waals surface area contributed by atoms with Gasteiger partial charge in [0.2, 0.25) is 11.8 Å². The van der Waals surface area contributed by atoms with E-state index in [9.17, 15) is 9.59 Å². The van der Waals surface area contributed by atoms with Gasteiger partial charge in [0.25, 0.3) is 0 Å². The quantitative estimate of drug-likeness (QED) is 0.626. The molecular weight excluding hydrogens is 348 g/mol. The molecule has 0 aliphatic heterocycles. The van der Waals surface area contributed by atoms with E-state index in [4.69, 9.17) is 0 Å². The van der Waals surface area contributed by atoms with Crippen molar-refractivity contribution in [1.29, 1.82) is 0 Å². The van der Waals surface area contributed by atoms with Crippen LogP contribution in [0.4, 0.5) is 0 Å². The summed E-state index contributed by atoms with van der Waals surface area (Å²) in [7, 11) is 0. The Hall–Kier alpha value is -2.62. The number of nitrogens with zero attached hydrogens (tertiary/aromatic N) is 1. The highest BCUT2D eigenvalue weighted by atomic mass is 16.2. The number of unbranched alkanes of at least 4 members (excludes halogenated alkanes) is 1. The van der Waals surface area contributed by atoms with E-state index in [0.29, 0.717) is 25.9 Å². The Morgan fingerprint density at radius 3 is 2.32 bits per heavy atom. The fraction of sp³-hybridized carbons (Fsp3) is 0.417. The Morgan fingerprint density at radius 2 is 1.68 bits per heavy atom. The highest BCUT2D eigenvalue weighted by Gasteiger charge is 2.25. The fourth-order valence-corrected chi connectivity index (χ4v) is 3.05.